The molecule has 4 rings (SSSR count). The van der Waals surface area contributed by atoms with Gasteiger partial charge in [-0.3, -0.25) is 4.98 Å². The van der Waals surface area contributed by atoms with E-state index in [9.17, 15) is 5.11 Å². The van der Waals surface area contributed by atoms with Crippen LogP contribution in [0.4, 0.5) is 11.4 Å². The fourth-order valence-electron chi connectivity index (χ4n) is 2.87. The van der Waals surface area contributed by atoms with Crippen molar-refractivity contribution in [2.45, 2.75) is 4.90 Å². The molecule has 2 aliphatic rings. The van der Waals surface area contributed by atoms with Crippen LogP contribution in [-0.4, -0.2) is 53.9 Å². The zero-order valence-corrected chi connectivity index (χ0v) is 14.0. The molecule has 0 spiro atoms. The molecule has 3 heterocycles. The van der Waals surface area contributed by atoms with Gasteiger partial charge in [-0.15, -0.1) is 0 Å². The maximum atomic E-state index is 9.80. The number of aromatic hydroxyl groups is 1. The second-order valence-electron chi connectivity index (χ2n) is 5.66. The third-order valence-electron chi connectivity index (χ3n) is 4.02. The highest BCUT2D eigenvalue weighted by Crippen LogP contribution is 2.39. The largest absolute Gasteiger partial charge is 0.508 e. The van der Waals surface area contributed by atoms with Gasteiger partial charge in [-0.2, -0.15) is 0 Å². The number of ether oxygens (including phenoxy) is 2. The summed E-state index contributed by atoms with van der Waals surface area (Å²) in [6.45, 7) is 4.72. The number of phenols is 1. The molecule has 126 valence electrons. The van der Waals surface area contributed by atoms with Crippen LogP contribution >= 0.6 is 11.9 Å². The first-order valence-corrected chi connectivity index (χ1v) is 8.76. The highest BCUT2D eigenvalue weighted by Gasteiger charge is 2.21. The Labute approximate surface area is 145 Å². The van der Waals surface area contributed by atoms with Crippen molar-refractivity contribution in [3.8, 4) is 11.5 Å². The summed E-state index contributed by atoms with van der Waals surface area (Å²) in [7, 11) is 0. The Morgan fingerprint density at radius 1 is 1.04 bits per heavy atom. The molecule has 0 atom stereocenters. The molecule has 0 radical (unpaired) electrons. The Morgan fingerprint density at radius 3 is 2.79 bits per heavy atom. The topological polar surface area (TPSA) is 58.1 Å². The summed E-state index contributed by atoms with van der Waals surface area (Å²) in [6.07, 6.45) is 3.73. The van der Waals surface area contributed by atoms with Gasteiger partial charge in [0.1, 0.15) is 18.1 Å². The lowest BCUT2D eigenvalue weighted by molar-refractivity contribution is 0.0773. The van der Waals surface area contributed by atoms with E-state index in [0.717, 1.165) is 54.9 Å². The highest BCUT2D eigenvalue weighted by molar-refractivity contribution is 7.97. The van der Waals surface area contributed by atoms with Gasteiger partial charge in [0.05, 0.1) is 37.3 Å². The van der Waals surface area contributed by atoms with E-state index < -0.39 is 0 Å². The number of fused-ring (bicyclic) bond motifs is 1. The van der Waals surface area contributed by atoms with Crippen LogP contribution in [-0.2, 0) is 4.74 Å². The number of aromatic nitrogens is 1. The zero-order valence-electron chi connectivity index (χ0n) is 13.2. The maximum absolute atomic E-state index is 9.80. The number of morpholine rings is 1. The van der Waals surface area contributed by atoms with Crippen LogP contribution in [0.3, 0.4) is 0 Å². The summed E-state index contributed by atoms with van der Waals surface area (Å²) in [6, 6.07) is 7.31. The molecule has 1 aromatic heterocycles. The lowest BCUT2D eigenvalue weighted by atomic mass is 10.2. The van der Waals surface area contributed by atoms with Crippen LogP contribution in [0, 0.1) is 0 Å². The van der Waals surface area contributed by atoms with E-state index >= 15 is 0 Å². The normalized spacial score (nSPS) is 18.1. The summed E-state index contributed by atoms with van der Waals surface area (Å²) < 4.78 is 13.4. The number of pyridine rings is 1. The van der Waals surface area contributed by atoms with Gasteiger partial charge in [-0.25, -0.2) is 4.31 Å². The number of anilines is 2. The first-order valence-electron chi connectivity index (χ1n) is 7.99. The second kappa shape index (κ2) is 6.88. The monoisotopic (exact) mass is 345 g/mol. The third kappa shape index (κ3) is 3.28. The average Bonchev–Trinajstić information content (AvgIpc) is 2.62. The van der Waals surface area contributed by atoms with Crippen LogP contribution in [0.2, 0.25) is 0 Å². The van der Waals surface area contributed by atoms with Gasteiger partial charge in [0, 0.05) is 30.2 Å². The summed E-state index contributed by atoms with van der Waals surface area (Å²) in [4.78, 5) is 7.63. The van der Waals surface area contributed by atoms with E-state index in [4.69, 9.17) is 9.47 Å². The third-order valence-corrected chi connectivity index (χ3v) is 5.08. The van der Waals surface area contributed by atoms with Crippen molar-refractivity contribution in [3.05, 3.63) is 36.7 Å². The maximum Gasteiger partial charge on any atom is 0.143 e. The Morgan fingerprint density at radius 2 is 1.92 bits per heavy atom. The molecule has 1 fully saturated rings. The first kappa shape index (κ1) is 15.6. The molecule has 7 heteroatoms. The predicted molar refractivity (Wildman–Crippen MR) is 93.1 cm³/mol. The summed E-state index contributed by atoms with van der Waals surface area (Å²) >= 11 is 1.71. The van der Waals surface area contributed by atoms with E-state index in [1.54, 1.807) is 30.1 Å². The van der Waals surface area contributed by atoms with E-state index in [1.807, 2.05) is 12.4 Å². The van der Waals surface area contributed by atoms with Crippen LogP contribution < -0.4 is 9.64 Å². The molecule has 1 aromatic carbocycles. The Bertz CT molecular complexity index is 722. The van der Waals surface area contributed by atoms with Gasteiger partial charge >= 0.3 is 0 Å². The molecule has 0 bridgehead atoms. The first-order chi connectivity index (χ1) is 11.8. The van der Waals surface area contributed by atoms with Crippen molar-refractivity contribution in [2.75, 3.05) is 44.4 Å². The SMILES string of the molecule is Oc1ccc2c(c1)N(c1cncc(SN3CCOCC3)c1)CCO2. The van der Waals surface area contributed by atoms with Gasteiger partial charge in [-0.05, 0) is 30.1 Å². The van der Waals surface area contributed by atoms with Gasteiger partial charge in [0.15, 0.2) is 0 Å². The van der Waals surface area contributed by atoms with Gasteiger partial charge in [-0.1, -0.05) is 0 Å². The molecule has 24 heavy (non-hydrogen) atoms. The standard InChI is InChI=1S/C17H19N3O3S/c21-14-1-2-17-16(10-14)20(5-8-23-17)13-9-15(12-18-11-13)24-19-3-6-22-7-4-19/h1-2,9-12,21H,3-8H2. The summed E-state index contributed by atoms with van der Waals surface area (Å²) in [5.41, 5.74) is 1.87. The molecular weight excluding hydrogens is 326 g/mol. The fourth-order valence-corrected chi connectivity index (χ4v) is 3.78. The fraction of sp³-hybridized carbons (Fsp3) is 0.353. The van der Waals surface area contributed by atoms with Crippen molar-refractivity contribution in [3.63, 3.8) is 0 Å². The molecular formula is C17H19N3O3S. The van der Waals surface area contributed by atoms with E-state index in [0.29, 0.717) is 6.61 Å². The lowest BCUT2D eigenvalue weighted by Gasteiger charge is -2.31. The van der Waals surface area contributed by atoms with E-state index in [1.165, 1.54) is 0 Å². The number of nitrogens with zero attached hydrogens (tertiary/aromatic N) is 3. The molecule has 0 amide bonds. The van der Waals surface area contributed by atoms with Gasteiger partial charge < -0.3 is 19.5 Å². The number of benzene rings is 1. The molecule has 1 saturated heterocycles. The Hall–Kier alpha value is -1.96. The zero-order chi connectivity index (χ0) is 16.4. The van der Waals surface area contributed by atoms with Crippen LogP contribution in [0.25, 0.3) is 0 Å². The van der Waals surface area contributed by atoms with E-state index in [-0.39, 0.29) is 5.75 Å². The van der Waals surface area contributed by atoms with Gasteiger partial charge in [0.2, 0.25) is 0 Å². The predicted octanol–water partition coefficient (Wildman–Crippen LogP) is 2.66. The molecule has 6 nitrogen and oxygen atoms in total. The molecule has 1 N–H and O–H groups in total. The average molecular weight is 345 g/mol. The minimum Gasteiger partial charge on any atom is -0.508 e. The van der Waals surface area contributed by atoms with Crippen molar-refractivity contribution in [2.24, 2.45) is 0 Å². The molecule has 0 saturated carbocycles. The van der Waals surface area contributed by atoms with Gasteiger partial charge in [0.25, 0.3) is 0 Å². The molecule has 0 aliphatic carbocycles. The summed E-state index contributed by atoms with van der Waals surface area (Å²) in [5, 5.41) is 9.80. The highest BCUT2D eigenvalue weighted by atomic mass is 32.2. The molecule has 2 aliphatic heterocycles. The molecule has 2 aromatic rings. The molecule has 0 unspecified atom stereocenters. The second-order valence-corrected chi connectivity index (χ2v) is 6.83. The minimum atomic E-state index is 0.232. The van der Waals surface area contributed by atoms with E-state index in [2.05, 4.69) is 20.3 Å². The van der Waals surface area contributed by atoms with Crippen molar-refractivity contribution in [1.82, 2.24) is 9.29 Å². The number of hydrogen-bond donors (Lipinski definition) is 1. The van der Waals surface area contributed by atoms with Crippen LogP contribution in [0.5, 0.6) is 11.5 Å². The summed E-state index contributed by atoms with van der Waals surface area (Å²) in [5.74, 6) is 1.02. The quantitative estimate of drug-likeness (QED) is 0.858. The Kier molecular flexibility index (Phi) is 4.46. The van der Waals surface area contributed by atoms with Crippen LogP contribution in [0.1, 0.15) is 0 Å². The number of rotatable bonds is 3. The van der Waals surface area contributed by atoms with Crippen molar-refractivity contribution >= 4 is 23.3 Å². The van der Waals surface area contributed by atoms with Crippen molar-refractivity contribution in [1.29, 1.82) is 0 Å². The lowest BCUT2D eigenvalue weighted by Crippen LogP contribution is -2.31. The van der Waals surface area contributed by atoms with Crippen LogP contribution in [0.15, 0.2) is 41.6 Å². The smallest absolute Gasteiger partial charge is 0.143 e. The number of phenolic OH excluding ortho intramolecular Hbond substituents is 1. The van der Waals surface area contributed by atoms with Crippen molar-refractivity contribution < 1.29 is 14.6 Å². The Balaban J connectivity index is 1.59. The minimum absolute atomic E-state index is 0.232. The number of hydrogen-bond acceptors (Lipinski definition) is 7.